The lowest BCUT2D eigenvalue weighted by atomic mass is 9.38. The number of methoxy groups -OCH3 is 2. The minimum Gasteiger partial charge on any atom is -0.469 e. The second-order valence-corrected chi connectivity index (χ2v) is 12.9. The Bertz CT molecular complexity index is 1140. The molecule has 3 fully saturated rings. The van der Waals surface area contributed by atoms with Gasteiger partial charge in [0.2, 0.25) is 5.60 Å². The molecule has 4 rings (SSSR count). The molecule has 0 N–H and O–H groups in total. The molecule has 4 aliphatic rings. The molecule has 1 saturated heterocycles. The van der Waals surface area contributed by atoms with Crippen molar-refractivity contribution < 1.29 is 42.9 Å². The molecule has 0 aromatic rings. The number of rotatable bonds is 4. The summed E-state index contributed by atoms with van der Waals surface area (Å²) in [6, 6.07) is 0. The molecule has 0 bridgehead atoms. The van der Waals surface area contributed by atoms with E-state index in [4.69, 9.17) is 18.9 Å². The first kappa shape index (κ1) is 28.5. The van der Waals surface area contributed by atoms with Crippen molar-refractivity contribution in [3.8, 4) is 0 Å². The summed E-state index contributed by atoms with van der Waals surface area (Å²) < 4.78 is 22.3. The minimum atomic E-state index is -1.94. The SMILES string of the molecule is COC(=O)[C@H]1[C@]2(C)C(=O)[C@](C)(C(=O)OC)O[C@@]2(C)C=C2[C@@]1(C)CC[C@H]1C(C)(C)[C@@H](OC(C)=O)CC[C@]21C=O. The van der Waals surface area contributed by atoms with E-state index in [9.17, 15) is 24.0 Å². The number of hydrogen-bond acceptors (Lipinski definition) is 9. The van der Waals surface area contributed by atoms with Gasteiger partial charge < -0.3 is 23.7 Å². The highest BCUT2D eigenvalue weighted by molar-refractivity contribution is 6.13. The van der Waals surface area contributed by atoms with Gasteiger partial charge in [0.05, 0.1) is 36.6 Å². The van der Waals surface area contributed by atoms with Gasteiger partial charge in [0.25, 0.3) is 0 Å². The van der Waals surface area contributed by atoms with Crippen LogP contribution in [-0.4, -0.2) is 61.5 Å². The van der Waals surface area contributed by atoms with Crippen LogP contribution >= 0.6 is 0 Å². The third-order valence-corrected chi connectivity index (χ3v) is 10.8. The zero-order valence-electron chi connectivity index (χ0n) is 23.9. The van der Waals surface area contributed by atoms with Gasteiger partial charge in [-0.15, -0.1) is 0 Å². The largest absolute Gasteiger partial charge is 0.469 e. The quantitative estimate of drug-likeness (QED) is 0.176. The summed E-state index contributed by atoms with van der Waals surface area (Å²) in [5.74, 6) is -3.57. The first-order valence-corrected chi connectivity index (χ1v) is 13.2. The lowest BCUT2D eigenvalue weighted by Crippen LogP contribution is -2.66. The van der Waals surface area contributed by atoms with E-state index in [1.165, 1.54) is 28.1 Å². The van der Waals surface area contributed by atoms with Gasteiger partial charge in [-0.2, -0.15) is 0 Å². The van der Waals surface area contributed by atoms with Gasteiger partial charge in [-0.3, -0.25) is 14.4 Å². The highest BCUT2D eigenvalue weighted by atomic mass is 16.6. The Labute approximate surface area is 224 Å². The maximum Gasteiger partial charge on any atom is 0.345 e. The van der Waals surface area contributed by atoms with Crippen molar-refractivity contribution >= 4 is 30.0 Å². The molecule has 3 aliphatic carbocycles. The first-order chi connectivity index (χ1) is 17.5. The van der Waals surface area contributed by atoms with Gasteiger partial charge in [-0.05, 0) is 52.4 Å². The molecular weight excluding hydrogens is 492 g/mol. The standard InChI is InChI=1S/C29H40O9/c1-16(31)37-19-11-13-29(15-30)17(24(19,2)3)10-12-25(4)18(29)14-26(5)27(6,20(25)21(32)35-8)22(33)28(7,38-26)23(34)36-9/h14-15,17,19-20H,10-13H2,1-9H3/t17-,19-,20+,25+,26-,27+,28+,29+/m0/s1. The van der Waals surface area contributed by atoms with Crippen molar-refractivity contribution in [2.75, 3.05) is 14.2 Å². The second-order valence-electron chi connectivity index (χ2n) is 12.9. The number of esters is 3. The average molecular weight is 533 g/mol. The maximum atomic E-state index is 14.1. The first-order valence-electron chi connectivity index (χ1n) is 13.2. The van der Waals surface area contributed by atoms with E-state index >= 15 is 0 Å². The predicted octanol–water partition coefficient (Wildman–Crippen LogP) is 3.36. The van der Waals surface area contributed by atoms with Crippen molar-refractivity contribution in [1.82, 2.24) is 0 Å². The average Bonchev–Trinajstić information content (AvgIpc) is 3.00. The van der Waals surface area contributed by atoms with Crippen molar-refractivity contribution in [3.63, 3.8) is 0 Å². The maximum absolute atomic E-state index is 14.1. The van der Waals surface area contributed by atoms with Crippen LogP contribution in [0.1, 0.15) is 74.1 Å². The molecule has 0 spiro atoms. The normalized spacial score (nSPS) is 45.0. The van der Waals surface area contributed by atoms with Crippen LogP contribution in [0.2, 0.25) is 0 Å². The van der Waals surface area contributed by atoms with E-state index in [0.29, 0.717) is 25.7 Å². The van der Waals surface area contributed by atoms with E-state index in [2.05, 4.69) is 0 Å². The third kappa shape index (κ3) is 3.23. The summed E-state index contributed by atoms with van der Waals surface area (Å²) in [6.07, 6.45) is 4.38. The summed E-state index contributed by atoms with van der Waals surface area (Å²) >= 11 is 0. The summed E-state index contributed by atoms with van der Waals surface area (Å²) in [6.45, 7) is 12.1. The fourth-order valence-corrected chi connectivity index (χ4v) is 8.83. The van der Waals surface area contributed by atoms with Crippen molar-refractivity contribution in [2.45, 2.75) is 91.5 Å². The smallest absolute Gasteiger partial charge is 0.345 e. The van der Waals surface area contributed by atoms with Crippen LogP contribution in [0.15, 0.2) is 11.6 Å². The van der Waals surface area contributed by atoms with Gasteiger partial charge in [0, 0.05) is 17.8 Å². The molecule has 1 aliphatic heterocycles. The molecular formula is C29H40O9. The number of hydrogen-bond donors (Lipinski definition) is 0. The highest BCUT2D eigenvalue weighted by Gasteiger charge is 2.78. The van der Waals surface area contributed by atoms with Crippen molar-refractivity contribution in [1.29, 1.82) is 0 Å². The third-order valence-electron chi connectivity index (χ3n) is 10.8. The topological polar surface area (TPSA) is 122 Å². The van der Waals surface area contributed by atoms with Crippen molar-refractivity contribution in [2.24, 2.45) is 33.5 Å². The zero-order chi connectivity index (χ0) is 28.7. The zero-order valence-corrected chi connectivity index (χ0v) is 23.9. The molecule has 38 heavy (non-hydrogen) atoms. The number of ether oxygens (including phenoxy) is 4. The fourth-order valence-electron chi connectivity index (χ4n) is 8.83. The number of carbonyl (C=O) groups excluding carboxylic acids is 5. The van der Waals surface area contributed by atoms with Crippen LogP contribution in [0.25, 0.3) is 0 Å². The Morgan fingerprint density at radius 1 is 1.00 bits per heavy atom. The Morgan fingerprint density at radius 3 is 2.16 bits per heavy atom. The molecule has 0 radical (unpaired) electrons. The monoisotopic (exact) mass is 532 g/mol. The number of Topliss-reactive ketones (excluding diaryl/α,β-unsaturated/α-hetero) is 1. The molecule has 9 heteroatoms. The van der Waals surface area contributed by atoms with Gasteiger partial charge >= 0.3 is 17.9 Å². The second kappa shape index (κ2) is 8.47. The van der Waals surface area contributed by atoms with E-state index in [0.717, 1.165) is 11.9 Å². The van der Waals surface area contributed by atoms with Gasteiger partial charge in [-0.25, -0.2) is 4.79 Å². The van der Waals surface area contributed by atoms with E-state index < -0.39 is 56.5 Å². The number of aldehydes is 1. The van der Waals surface area contributed by atoms with Crippen LogP contribution in [0.5, 0.6) is 0 Å². The number of ketones is 1. The molecule has 1 heterocycles. The molecule has 0 unspecified atom stereocenters. The number of fused-ring (bicyclic) bond motifs is 4. The Balaban J connectivity index is 1.99. The summed E-state index contributed by atoms with van der Waals surface area (Å²) in [5, 5.41) is 0. The highest BCUT2D eigenvalue weighted by Crippen LogP contribution is 2.72. The summed E-state index contributed by atoms with van der Waals surface area (Å²) in [7, 11) is 2.46. The summed E-state index contributed by atoms with van der Waals surface area (Å²) in [4.78, 5) is 65.8. The van der Waals surface area contributed by atoms with Crippen LogP contribution in [0.3, 0.4) is 0 Å². The van der Waals surface area contributed by atoms with Crippen LogP contribution in [0, 0.1) is 33.5 Å². The molecule has 0 amide bonds. The van der Waals surface area contributed by atoms with Crippen LogP contribution < -0.4 is 0 Å². The van der Waals surface area contributed by atoms with Crippen LogP contribution in [0.4, 0.5) is 0 Å². The molecule has 2 saturated carbocycles. The van der Waals surface area contributed by atoms with Crippen molar-refractivity contribution in [3.05, 3.63) is 11.6 Å². The predicted molar refractivity (Wildman–Crippen MR) is 135 cm³/mol. The van der Waals surface area contributed by atoms with Gasteiger partial charge in [-0.1, -0.05) is 32.4 Å². The number of allylic oxidation sites excluding steroid dienone is 1. The molecule has 0 aromatic heterocycles. The molecule has 0 aromatic carbocycles. The van der Waals surface area contributed by atoms with E-state index in [1.807, 2.05) is 26.8 Å². The number of carbonyl (C=O) groups is 5. The Kier molecular flexibility index (Phi) is 6.35. The fraction of sp³-hybridized carbons (Fsp3) is 0.759. The molecule has 210 valence electrons. The molecule has 8 atom stereocenters. The lowest BCUT2D eigenvalue weighted by molar-refractivity contribution is -0.188. The minimum absolute atomic E-state index is 0.194. The van der Waals surface area contributed by atoms with E-state index in [1.54, 1.807) is 13.8 Å². The van der Waals surface area contributed by atoms with E-state index in [-0.39, 0.29) is 18.0 Å². The Morgan fingerprint density at radius 2 is 1.63 bits per heavy atom. The van der Waals surface area contributed by atoms with Gasteiger partial charge in [0.1, 0.15) is 12.4 Å². The van der Waals surface area contributed by atoms with Crippen LogP contribution in [-0.2, 0) is 42.9 Å². The molecule has 9 nitrogen and oxygen atoms in total. The van der Waals surface area contributed by atoms with Gasteiger partial charge in [0.15, 0.2) is 5.78 Å². The summed E-state index contributed by atoms with van der Waals surface area (Å²) in [5.41, 5.74) is -6.54. The Hall–Kier alpha value is -2.55. The lowest BCUT2D eigenvalue weighted by Gasteiger charge is -2.64.